The maximum absolute atomic E-state index is 11.6. The van der Waals surface area contributed by atoms with Gasteiger partial charge in [0, 0.05) is 5.56 Å². The number of carbonyl (C=O) groups is 1. The van der Waals surface area contributed by atoms with Crippen molar-refractivity contribution in [2.45, 2.75) is 52.9 Å². The predicted octanol–water partition coefficient (Wildman–Crippen LogP) is 4.23. The van der Waals surface area contributed by atoms with Crippen molar-refractivity contribution in [3.63, 3.8) is 0 Å². The monoisotopic (exact) mass is 230 g/mol. The Kier molecular flexibility index (Phi) is 2.68. The SMILES string of the molecule is CC(=O)c1cc2c(cc1C)[C@@H](C)[C@@H](C)C2(C)C. The molecule has 0 bridgehead atoms. The summed E-state index contributed by atoms with van der Waals surface area (Å²) in [7, 11) is 0. The first-order chi connectivity index (χ1) is 7.76. The van der Waals surface area contributed by atoms with E-state index in [1.54, 1.807) is 6.92 Å². The third-order valence-corrected chi connectivity index (χ3v) is 4.85. The van der Waals surface area contributed by atoms with Crippen LogP contribution in [0.3, 0.4) is 0 Å². The molecule has 2 atom stereocenters. The van der Waals surface area contributed by atoms with Crippen LogP contribution in [0.15, 0.2) is 12.1 Å². The highest BCUT2D eigenvalue weighted by atomic mass is 16.1. The summed E-state index contributed by atoms with van der Waals surface area (Å²) in [5.74, 6) is 1.38. The molecule has 0 saturated heterocycles. The Balaban J connectivity index is 2.69. The van der Waals surface area contributed by atoms with E-state index in [-0.39, 0.29) is 11.2 Å². The zero-order valence-electron chi connectivity index (χ0n) is 11.7. The lowest BCUT2D eigenvalue weighted by Gasteiger charge is -2.27. The van der Waals surface area contributed by atoms with Crippen LogP contribution in [0.5, 0.6) is 0 Å². The van der Waals surface area contributed by atoms with Crippen molar-refractivity contribution in [1.29, 1.82) is 0 Å². The van der Waals surface area contributed by atoms with Crippen LogP contribution in [0.2, 0.25) is 0 Å². The molecular weight excluding hydrogens is 208 g/mol. The number of hydrogen-bond donors (Lipinski definition) is 0. The lowest BCUT2D eigenvalue weighted by molar-refractivity contribution is 0.101. The van der Waals surface area contributed by atoms with Gasteiger partial charge in [-0.3, -0.25) is 4.79 Å². The molecule has 1 aromatic rings. The first-order valence-corrected chi connectivity index (χ1v) is 6.42. The Labute approximate surface area is 104 Å². The first-order valence-electron chi connectivity index (χ1n) is 6.42. The molecule has 0 spiro atoms. The molecular formula is C16H22O. The summed E-state index contributed by atoms with van der Waals surface area (Å²) in [4.78, 5) is 11.6. The van der Waals surface area contributed by atoms with Crippen molar-refractivity contribution < 1.29 is 4.79 Å². The molecule has 0 aliphatic heterocycles. The Morgan fingerprint density at radius 2 is 1.82 bits per heavy atom. The van der Waals surface area contributed by atoms with Crippen LogP contribution in [-0.4, -0.2) is 5.78 Å². The number of fused-ring (bicyclic) bond motifs is 1. The summed E-state index contributed by atoms with van der Waals surface area (Å²) in [6.45, 7) is 12.9. The average Bonchev–Trinajstić information content (AvgIpc) is 2.39. The van der Waals surface area contributed by atoms with Gasteiger partial charge in [-0.2, -0.15) is 0 Å². The number of Topliss-reactive ketones (excluding diaryl/α,β-unsaturated/α-hetero) is 1. The van der Waals surface area contributed by atoms with Crippen LogP contribution in [0.1, 0.15) is 67.6 Å². The van der Waals surface area contributed by atoms with Crippen LogP contribution >= 0.6 is 0 Å². The van der Waals surface area contributed by atoms with Gasteiger partial charge in [0.05, 0.1) is 0 Å². The molecule has 17 heavy (non-hydrogen) atoms. The lowest BCUT2D eigenvalue weighted by atomic mass is 9.77. The van der Waals surface area contributed by atoms with Crippen LogP contribution in [0.4, 0.5) is 0 Å². The van der Waals surface area contributed by atoms with E-state index >= 15 is 0 Å². The minimum atomic E-state index is 0.173. The summed E-state index contributed by atoms with van der Waals surface area (Å²) in [5.41, 5.74) is 4.98. The number of ketones is 1. The van der Waals surface area contributed by atoms with Gasteiger partial charge in [0.15, 0.2) is 5.78 Å². The number of hydrogen-bond acceptors (Lipinski definition) is 1. The van der Waals surface area contributed by atoms with Crippen molar-refractivity contribution in [3.8, 4) is 0 Å². The summed E-state index contributed by atoms with van der Waals surface area (Å²) < 4.78 is 0. The molecule has 0 amide bonds. The van der Waals surface area contributed by atoms with Gasteiger partial charge in [0.25, 0.3) is 0 Å². The predicted molar refractivity (Wildman–Crippen MR) is 71.8 cm³/mol. The van der Waals surface area contributed by atoms with Gasteiger partial charge in [-0.25, -0.2) is 0 Å². The third-order valence-electron chi connectivity index (χ3n) is 4.85. The molecule has 92 valence electrons. The molecule has 0 saturated carbocycles. The third kappa shape index (κ3) is 1.64. The molecule has 1 aliphatic carbocycles. The molecule has 0 aromatic heterocycles. The number of aryl methyl sites for hydroxylation is 1. The van der Waals surface area contributed by atoms with Crippen molar-refractivity contribution in [1.82, 2.24) is 0 Å². The maximum Gasteiger partial charge on any atom is 0.160 e. The van der Waals surface area contributed by atoms with E-state index in [1.165, 1.54) is 11.1 Å². The maximum atomic E-state index is 11.6. The van der Waals surface area contributed by atoms with E-state index in [0.29, 0.717) is 11.8 Å². The zero-order valence-corrected chi connectivity index (χ0v) is 11.7. The second kappa shape index (κ2) is 3.69. The van der Waals surface area contributed by atoms with Crippen LogP contribution in [0, 0.1) is 12.8 Å². The van der Waals surface area contributed by atoms with Gasteiger partial charge in [-0.15, -0.1) is 0 Å². The highest BCUT2D eigenvalue weighted by Crippen LogP contribution is 2.50. The van der Waals surface area contributed by atoms with Gasteiger partial charge in [-0.1, -0.05) is 33.8 Å². The summed E-state index contributed by atoms with van der Waals surface area (Å²) >= 11 is 0. The quantitative estimate of drug-likeness (QED) is 0.660. The molecule has 0 N–H and O–H groups in total. The Morgan fingerprint density at radius 3 is 2.35 bits per heavy atom. The van der Waals surface area contributed by atoms with Crippen molar-refractivity contribution >= 4 is 5.78 Å². The minimum absolute atomic E-state index is 0.173. The van der Waals surface area contributed by atoms with Crippen LogP contribution < -0.4 is 0 Å². The Morgan fingerprint density at radius 1 is 1.24 bits per heavy atom. The van der Waals surface area contributed by atoms with Crippen LogP contribution in [0.25, 0.3) is 0 Å². The summed E-state index contributed by atoms with van der Waals surface area (Å²) in [6.07, 6.45) is 0. The normalized spacial score (nSPS) is 25.8. The van der Waals surface area contributed by atoms with Gasteiger partial charge in [-0.05, 0) is 53.9 Å². The fourth-order valence-electron chi connectivity index (χ4n) is 3.18. The fourth-order valence-corrected chi connectivity index (χ4v) is 3.18. The number of rotatable bonds is 1. The van der Waals surface area contributed by atoms with E-state index in [2.05, 4.69) is 39.8 Å². The molecule has 1 heteroatoms. The van der Waals surface area contributed by atoms with Crippen molar-refractivity contribution in [2.24, 2.45) is 5.92 Å². The van der Waals surface area contributed by atoms with Gasteiger partial charge < -0.3 is 0 Å². The second-order valence-electron chi connectivity index (χ2n) is 6.11. The smallest absolute Gasteiger partial charge is 0.160 e. The molecule has 0 fully saturated rings. The lowest BCUT2D eigenvalue weighted by Crippen LogP contribution is -2.22. The summed E-state index contributed by atoms with van der Waals surface area (Å²) in [5, 5.41) is 0. The largest absolute Gasteiger partial charge is 0.295 e. The molecule has 2 rings (SSSR count). The summed E-state index contributed by atoms with van der Waals surface area (Å²) in [6, 6.07) is 4.36. The molecule has 1 aromatic carbocycles. The Bertz CT molecular complexity index is 483. The van der Waals surface area contributed by atoms with E-state index in [4.69, 9.17) is 0 Å². The highest BCUT2D eigenvalue weighted by Gasteiger charge is 2.41. The first kappa shape index (κ1) is 12.3. The molecule has 0 unspecified atom stereocenters. The topological polar surface area (TPSA) is 17.1 Å². The van der Waals surface area contributed by atoms with E-state index in [9.17, 15) is 4.79 Å². The zero-order chi connectivity index (χ0) is 13.0. The number of benzene rings is 1. The fraction of sp³-hybridized carbons (Fsp3) is 0.562. The standard InChI is InChI=1S/C16H22O/c1-9-7-14-10(2)11(3)16(5,6)15(14)8-13(9)12(4)17/h7-8,10-11H,1-6H3/t10-,11+/m0/s1. The minimum Gasteiger partial charge on any atom is -0.295 e. The van der Waals surface area contributed by atoms with Gasteiger partial charge in [0.2, 0.25) is 0 Å². The van der Waals surface area contributed by atoms with Crippen molar-refractivity contribution in [3.05, 3.63) is 34.4 Å². The number of carbonyl (C=O) groups excluding carboxylic acids is 1. The van der Waals surface area contributed by atoms with Gasteiger partial charge in [0.1, 0.15) is 0 Å². The molecule has 0 heterocycles. The molecule has 1 nitrogen and oxygen atoms in total. The van der Waals surface area contributed by atoms with E-state index in [1.807, 2.05) is 6.92 Å². The Hall–Kier alpha value is -1.11. The van der Waals surface area contributed by atoms with Gasteiger partial charge >= 0.3 is 0 Å². The van der Waals surface area contributed by atoms with Crippen LogP contribution in [-0.2, 0) is 5.41 Å². The molecule has 0 radical (unpaired) electrons. The van der Waals surface area contributed by atoms with E-state index in [0.717, 1.165) is 11.1 Å². The van der Waals surface area contributed by atoms with Crippen molar-refractivity contribution in [2.75, 3.05) is 0 Å². The molecule has 1 aliphatic rings. The highest BCUT2D eigenvalue weighted by molar-refractivity contribution is 5.96. The second-order valence-corrected chi connectivity index (χ2v) is 6.11. The van der Waals surface area contributed by atoms with E-state index < -0.39 is 0 Å². The average molecular weight is 230 g/mol.